The number of nitrogen functional groups attached to an aromatic ring is 1. The molecule has 0 amide bonds. The maximum absolute atomic E-state index is 7.49. The Hall–Kier alpha value is -2.17. The number of hydrogen-bond donors (Lipinski definition) is 2. The van der Waals surface area contributed by atoms with Crippen molar-refractivity contribution in [3.05, 3.63) is 35.3 Å². The quantitative estimate of drug-likeness (QED) is 0.586. The molecule has 0 unspecified atom stereocenters. The predicted molar refractivity (Wildman–Crippen MR) is 59.1 cm³/mol. The first-order chi connectivity index (χ1) is 7.61. The Morgan fingerprint density at radius 1 is 1.50 bits per heavy atom. The second-order valence-corrected chi connectivity index (χ2v) is 3.45. The number of aryl methyl sites for hydroxylation is 2. The molecule has 0 spiro atoms. The fourth-order valence-electron chi connectivity index (χ4n) is 1.59. The molecule has 5 heteroatoms. The number of nitrogens with two attached hydrogens (primary N) is 1. The molecule has 3 N–H and O–H groups in total. The Labute approximate surface area is 92.8 Å². The third-order valence-corrected chi connectivity index (χ3v) is 2.32. The van der Waals surface area contributed by atoms with Crippen LogP contribution in [0.5, 0.6) is 0 Å². The van der Waals surface area contributed by atoms with Crippen molar-refractivity contribution >= 4 is 5.84 Å². The first-order valence-electron chi connectivity index (χ1n) is 4.76. The van der Waals surface area contributed by atoms with E-state index in [0.29, 0.717) is 17.0 Å². The van der Waals surface area contributed by atoms with Gasteiger partial charge in [0.15, 0.2) is 0 Å². The fraction of sp³-hybridized carbons (Fsp3) is 0.182. The van der Waals surface area contributed by atoms with E-state index in [9.17, 15) is 0 Å². The average molecular weight is 215 g/mol. The molecule has 0 atom stereocenters. The van der Waals surface area contributed by atoms with E-state index >= 15 is 0 Å². The second kappa shape index (κ2) is 3.77. The highest BCUT2D eigenvalue weighted by Gasteiger charge is 2.17. The van der Waals surface area contributed by atoms with Crippen molar-refractivity contribution < 1.29 is 4.52 Å². The third-order valence-electron chi connectivity index (χ3n) is 2.32. The van der Waals surface area contributed by atoms with Gasteiger partial charge in [-0.25, -0.2) is 4.98 Å². The van der Waals surface area contributed by atoms with E-state index in [4.69, 9.17) is 15.7 Å². The number of nitrogens with one attached hydrogen (secondary N) is 1. The SMILES string of the molecule is Cc1noc(C)c1-c1n[c]ccc1C(=N)N. The number of rotatable bonds is 2. The highest BCUT2D eigenvalue weighted by Crippen LogP contribution is 2.27. The van der Waals surface area contributed by atoms with Crippen molar-refractivity contribution in [2.75, 3.05) is 0 Å². The largest absolute Gasteiger partial charge is 0.384 e. The van der Waals surface area contributed by atoms with Crippen LogP contribution in [0, 0.1) is 25.5 Å². The summed E-state index contributed by atoms with van der Waals surface area (Å²) in [6, 6.07) is 3.33. The number of pyridine rings is 1. The summed E-state index contributed by atoms with van der Waals surface area (Å²) in [5, 5.41) is 11.3. The van der Waals surface area contributed by atoms with Crippen molar-refractivity contribution in [2.45, 2.75) is 13.8 Å². The Bertz CT molecular complexity index is 525. The summed E-state index contributed by atoms with van der Waals surface area (Å²) in [4.78, 5) is 4.12. The van der Waals surface area contributed by atoms with Crippen LogP contribution in [0.15, 0.2) is 16.7 Å². The van der Waals surface area contributed by atoms with E-state index in [-0.39, 0.29) is 5.84 Å². The maximum atomic E-state index is 7.49. The minimum absolute atomic E-state index is 0.0310. The summed E-state index contributed by atoms with van der Waals surface area (Å²) in [6.45, 7) is 3.62. The van der Waals surface area contributed by atoms with Crippen molar-refractivity contribution in [1.29, 1.82) is 5.41 Å². The predicted octanol–water partition coefficient (Wildman–Crippen LogP) is 1.44. The molecule has 2 rings (SSSR count). The normalized spacial score (nSPS) is 10.4. The Balaban J connectivity index is 2.69. The van der Waals surface area contributed by atoms with Gasteiger partial charge >= 0.3 is 0 Å². The molecule has 2 heterocycles. The molecule has 0 aromatic carbocycles. The standard InChI is InChI=1S/C11H11N4O/c1-6-9(7(2)16-15-6)10-8(11(12)13)4-3-5-14-10/h3-4H,1-2H3,(H3,12,13). The van der Waals surface area contributed by atoms with Gasteiger partial charge in [0.2, 0.25) is 0 Å². The zero-order valence-corrected chi connectivity index (χ0v) is 9.03. The molecule has 0 bridgehead atoms. The lowest BCUT2D eigenvalue weighted by Crippen LogP contribution is -2.13. The molecule has 0 aliphatic carbocycles. The van der Waals surface area contributed by atoms with Gasteiger partial charge in [-0.3, -0.25) is 5.41 Å². The average Bonchev–Trinajstić information content (AvgIpc) is 2.58. The molecule has 81 valence electrons. The minimum atomic E-state index is -0.0310. The summed E-state index contributed by atoms with van der Waals surface area (Å²) >= 11 is 0. The van der Waals surface area contributed by atoms with E-state index in [0.717, 1.165) is 11.3 Å². The number of nitrogens with zero attached hydrogens (tertiary/aromatic N) is 2. The third kappa shape index (κ3) is 1.56. The van der Waals surface area contributed by atoms with Crippen LogP contribution in [-0.4, -0.2) is 16.0 Å². The molecule has 16 heavy (non-hydrogen) atoms. The van der Waals surface area contributed by atoms with Gasteiger partial charge in [0.1, 0.15) is 11.6 Å². The van der Waals surface area contributed by atoms with Crippen molar-refractivity contribution in [2.24, 2.45) is 5.73 Å². The smallest absolute Gasteiger partial charge is 0.143 e. The zero-order valence-electron chi connectivity index (χ0n) is 9.03. The van der Waals surface area contributed by atoms with Crippen LogP contribution < -0.4 is 5.73 Å². The molecule has 0 aliphatic rings. The van der Waals surface area contributed by atoms with Gasteiger partial charge < -0.3 is 10.3 Å². The van der Waals surface area contributed by atoms with Crippen molar-refractivity contribution in [1.82, 2.24) is 10.1 Å². The highest BCUT2D eigenvalue weighted by molar-refractivity contribution is 6.00. The first kappa shape index (κ1) is 10.4. The lowest BCUT2D eigenvalue weighted by atomic mass is 10.0. The van der Waals surface area contributed by atoms with E-state index < -0.39 is 0 Å². The molecule has 0 saturated carbocycles. The molecular weight excluding hydrogens is 204 g/mol. The molecular formula is C11H11N4O. The lowest BCUT2D eigenvalue weighted by molar-refractivity contribution is 0.393. The van der Waals surface area contributed by atoms with Crippen LogP contribution in [0.3, 0.4) is 0 Å². The molecule has 1 radical (unpaired) electrons. The highest BCUT2D eigenvalue weighted by atomic mass is 16.5. The van der Waals surface area contributed by atoms with Gasteiger partial charge in [-0.15, -0.1) is 0 Å². The fourth-order valence-corrected chi connectivity index (χ4v) is 1.59. The monoisotopic (exact) mass is 215 g/mol. The Morgan fingerprint density at radius 2 is 2.25 bits per heavy atom. The Morgan fingerprint density at radius 3 is 2.81 bits per heavy atom. The topological polar surface area (TPSA) is 88.8 Å². The summed E-state index contributed by atoms with van der Waals surface area (Å²) < 4.78 is 5.07. The van der Waals surface area contributed by atoms with Crippen molar-refractivity contribution in [3.63, 3.8) is 0 Å². The lowest BCUT2D eigenvalue weighted by Gasteiger charge is -2.05. The van der Waals surface area contributed by atoms with Crippen LogP contribution in [0.1, 0.15) is 17.0 Å². The van der Waals surface area contributed by atoms with Gasteiger partial charge in [0.05, 0.1) is 23.1 Å². The maximum Gasteiger partial charge on any atom is 0.143 e. The minimum Gasteiger partial charge on any atom is -0.384 e. The summed E-state index contributed by atoms with van der Waals surface area (Å²) in [5.41, 5.74) is 8.16. The van der Waals surface area contributed by atoms with Crippen molar-refractivity contribution in [3.8, 4) is 11.3 Å². The van der Waals surface area contributed by atoms with E-state index in [1.165, 1.54) is 0 Å². The summed E-state index contributed by atoms with van der Waals surface area (Å²) in [5.74, 6) is 0.628. The number of amidine groups is 1. The van der Waals surface area contributed by atoms with Crippen LogP contribution in [-0.2, 0) is 0 Å². The second-order valence-electron chi connectivity index (χ2n) is 3.45. The number of aromatic nitrogens is 2. The molecule has 2 aromatic heterocycles. The molecule has 0 aliphatic heterocycles. The number of hydrogen-bond acceptors (Lipinski definition) is 4. The summed E-state index contributed by atoms with van der Waals surface area (Å²) in [6.07, 6.45) is 2.73. The van der Waals surface area contributed by atoms with Crippen LogP contribution >= 0.6 is 0 Å². The molecule has 5 nitrogen and oxygen atoms in total. The molecule has 0 fully saturated rings. The van der Waals surface area contributed by atoms with Gasteiger partial charge in [0.25, 0.3) is 0 Å². The van der Waals surface area contributed by atoms with Gasteiger partial charge in [-0.1, -0.05) is 5.16 Å². The van der Waals surface area contributed by atoms with Crippen LogP contribution in [0.4, 0.5) is 0 Å². The van der Waals surface area contributed by atoms with Gasteiger partial charge in [-0.05, 0) is 26.0 Å². The van der Waals surface area contributed by atoms with E-state index in [1.54, 1.807) is 19.1 Å². The van der Waals surface area contributed by atoms with E-state index in [2.05, 4.69) is 16.3 Å². The first-order valence-corrected chi connectivity index (χ1v) is 4.76. The molecule has 2 aromatic rings. The van der Waals surface area contributed by atoms with Crippen LogP contribution in [0.2, 0.25) is 0 Å². The molecule has 0 saturated heterocycles. The van der Waals surface area contributed by atoms with E-state index in [1.807, 2.05) is 6.92 Å². The van der Waals surface area contributed by atoms with Gasteiger partial charge in [0, 0.05) is 5.56 Å². The van der Waals surface area contributed by atoms with Crippen LogP contribution in [0.25, 0.3) is 11.3 Å². The van der Waals surface area contributed by atoms with Gasteiger partial charge in [-0.2, -0.15) is 0 Å². The zero-order chi connectivity index (χ0) is 11.7. The Kier molecular flexibility index (Phi) is 2.44. The summed E-state index contributed by atoms with van der Waals surface area (Å²) in [7, 11) is 0.